The molecule has 0 aromatic heterocycles. The van der Waals surface area contributed by atoms with Crippen molar-refractivity contribution in [2.45, 2.75) is 48.3 Å². The van der Waals surface area contributed by atoms with Gasteiger partial charge in [-0.05, 0) is 70.8 Å². The van der Waals surface area contributed by atoms with Gasteiger partial charge in [0.1, 0.15) is 5.75 Å². The Labute approximate surface area is 154 Å². The van der Waals surface area contributed by atoms with Crippen LogP contribution in [0.25, 0.3) is 10.8 Å². The van der Waals surface area contributed by atoms with E-state index in [4.69, 9.17) is 4.74 Å². The van der Waals surface area contributed by atoms with Crippen molar-refractivity contribution in [3.63, 3.8) is 0 Å². The minimum Gasteiger partial charge on any atom is -0.497 e. The van der Waals surface area contributed by atoms with Gasteiger partial charge in [0.15, 0.2) is 0 Å². The molecule has 0 saturated heterocycles. The highest BCUT2D eigenvalue weighted by Gasteiger charge is 2.30. The number of fused-ring (bicyclic) bond motifs is 2. The van der Waals surface area contributed by atoms with Gasteiger partial charge in [-0.2, -0.15) is 0 Å². The van der Waals surface area contributed by atoms with Gasteiger partial charge in [-0.3, -0.25) is 0 Å². The fraction of sp³-hybridized carbons (Fsp3) is 0.304. The molecule has 3 aromatic carbocycles. The molecular formula is C23H24OS. The number of methoxy groups -OCH3 is 1. The zero-order valence-corrected chi connectivity index (χ0v) is 16.0. The zero-order valence-electron chi connectivity index (χ0n) is 15.1. The van der Waals surface area contributed by atoms with Crippen LogP contribution in [0.4, 0.5) is 0 Å². The summed E-state index contributed by atoms with van der Waals surface area (Å²) in [5.74, 6) is 0.928. The summed E-state index contributed by atoms with van der Waals surface area (Å²) >= 11 is 1.90. The third-order valence-corrected chi connectivity index (χ3v) is 6.50. The second kappa shape index (κ2) is 6.42. The predicted molar refractivity (Wildman–Crippen MR) is 107 cm³/mol. The van der Waals surface area contributed by atoms with Gasteiger partial charge >= 0.3 is 0 Å². The Hall–Kier alpha value is -1.93. The Morgan fingerprint density at radius 2 is 1.80 bits per heavy atom. The highest BCUT2D eigenvalue weighted by atomic mass is 32.2. The molecule has 4 rings (SSSR count). The Morgan fingerprint density at radius 3 is 2.56 bits per heavy atom. The molecule has 0 saturated carbocycles. The average Bonchev–Trinajstić information content (AvgIpc) is 2.62. The maximum atomic E-state index is 5.50. The number of hydrogen-bond acceptors (Lipinski definition) is 2. The fourth-order valence-corrected chi connectivity index (χ4v) is 5.08. The van der Waals surface area contributed by atoms with E-state index < -0.39 is 0 Å². The molecule has 0 unspecified atom stereocenters. The first-order valence-electron chi connectivity index (χ1n) is 8.95. The first kappa shape index (κ1) is 16.5. The topological polar surface area (TPSA) is 9.23 Å². The van der Waals surface area contributed by atoms with E-state index in [1.807, 2.05) is 11.8 Å². The van der Waals surface area contributed by atoms with Crippen molar-refractivity contribution >= 4 is 22.5 Å². The molecule has 3 aromatic rings. The van der Waals surface area contributed by atoms with E-state index in [1.165, 1.54) is 51.0 Å². The first-order valence-corrected chi connectivity index (χ1v) is 9.77. The first-order chi connectivity index (χ1) is 12.1. The van der Waals surface area contributed by atoms with E-state index in [0.717, 1.165) is 5.75 Å². The molecule has 0 spiro atoms. The third kappa shape index (κ3) is 3.04. The molecule has 0 radical (unpaired) electrons. The van der Waals surface area contributed by atoms with E-state index in [1.54, 1.807) is 7.11 Å². The highest BCUT2D eigenvalue weighted by Crippen LogP contribution is 2.46. The second-order valence-corrected chi connectivity index (χ2v) is 8.56. The summed E-state index contributed by atoms with van der Waals surface area (Å²) in [4.78, 5) is 2.70. The number of hydrogen-bond donors (Lipinski definition) is 0. The van der Waals surface area contributed by atoms with Crippen LogP contribution in [0.1, 0.15) is 37.8 Å². The van der Waals surface area contributed by atoms with Gasteiger partial charge in [0.2, 0.25) is 0 Å². The normalized spacial score (nSPS) is 15.8. The van der Waals surface area contributed by atoms with Gasteiger partial charge in [0.05, 0.1) is 7.11 Å². The summed E-state index contributed by atoms with van der Waals surface area (Å²) in [5, 5.41) is 2.62. The summed E-state index contributed by atoms with van der Waals surface area (Å²) in [7, 11) is 1.74. The van der Waals surface area contributed by atoms with Crippen molar-refractivity contribution in [1.82, 2.24) is 0 Å². The number of ether oxygens (including phenoxy) is 1. The molecule has 128 valence electrons. The largest absolute Gasteiger partial charge is 0.497 e. The Balaban J connectivity index is 1.98. The van der Waals surface area contributed by atoms with Gasteiger partial charge in [-0.25, -0.2) is 0 Å². The third-order valence-electron chi connectivity index (χ3n) is 5.32. The maximum Gasteiger partial charge on any atom is 0.119 e. The summed E-state index contributed by atoms with van der Waals surface area (Å²) in [5.41, 5.74) is 3.30. The van der Waals surface area contributed by atoms with Crippen LogP contribution in [0.15, 0.2) is 64.4 Å². The lowest BCUT2D eigenvalue weighted by Crippen LogP contribution is -2.24. The number of benzene rings is 3. The molecule has 0 bridgehead atoms. The molecule has 0 fully saturated rings. The molecule has 1 nitrogen and oxygen atoms in total. The molecule has 0 heterocycles. The SMILES string of the molecule is COc1ccc2cc3c(c(Sc4ccccc4)c2c1)CCCC3(C)C. The Bertz CT molecular complexity index is 912. The summed E-state index contributed by atoms with van der Waals surface area (Å²) in [6.07, 6.45) is 3.69. The molecule has 2 heteroatoms. The van der Waals surface area contributed by atoms with Crippen LogP contribution in [-0.4, -0.2) is 7.11 Å². The van der Waals surface area contributed by atoms with Crippen molar-refractivity contribution in [1.29, 1.82) is 0 Å². The maximum absolute atomic E-state index is 5.50. The van der Waals surface area contributed by atoms with Crippen molar-refractivity contribution in [2.75, 3.05) is 7.11 Å². The quantitative estimate of drug-likeness (QED) is 0.526. The van der Waals surface area contributed by atoms with Crippen LogP contribution in [0.3, 0.4) is 0 Å². The minimum atomic E-state index is 0.244. The monoisotopic (exact) mass is 348 g/mol. The van der Waals surface area contributed by atoms with Crippen molar-refractivity contribution in [3.05, 3.63) is 65.7 Å². The standard InChI is InChI=1S/C23H24OS/c1-23(2)13-7-10-19-21(23)14-16-11-12-17(24-3)15-20(16)22(19)25-18-8-5-4-6-9-18/h4-6,8-9,11-12,14-15H,7,10,13H2,1-3H3. The molecular weight excluding hydrogens is 324 g/mol. The highest BCUT2D eigenvalue weighted by molar-refractivity contribution is 7.99. The van der Waals surface area contributed by atoms with Gasteiger partial charge in [-0.15, -0.1) is 0 Å². The predicted octanol–water partition coefficient (Wildman–Crippen LogP) is 6.61. The van der Waals surface area contributed by atoms with E-state index in [9.17, 15) is 0 Å². The van der Waals surface area contributed by atoms with Crippen molar-refractivity contribution < 1.29 is 4.74 Å². The van der Waals surface area contributed by atoms with Crippen LogP contribution in [0, 0.1) is 0 Å². The van der Waals surface area contributed by atoms with Gasteiger partial charge in [0, 0.05) is 9.79 Å². The molecule has 1 aliphatic rings. The lowest BCUT2D eigenvalue weighted by Gasteiger charge is -2.34. The zero-order chi connectivity index (χ0) is 17.4. The molecule has 25 heavy (non-hydrogen) atoms. The Kier molecular flexibility index (Phi) is 4.24. The average molecular weight is 349 g/mol. The summed E-state index contributed by atoms with van der Waals surface area (Å²) in [6, 6.07) is 19.6. The second-order valence-electron chi connectivity index (χ2n) is 7.47. The van der Waals surface area contributed by atoms with Crippen LogP contribution in [0.2, 0.25) is 0 Å². The van der Waals surface area contributed by atoms with E-state index in [2.05, 4.69) is 68.4 Å². The molecule has 0 N–H and O–H groups in total. The van der Waals surface area contributed by atoms with Crippen LogP contribution in [-0.2, 0) is 11.8 Å². The van der Waals surface area contributed by atoms with Crippen LogP contribution >= 0.6 is 11.8 Å². The summed E-state index contributed by atoms with van der Waals surface area (Å²) in [6.45, 7) is 4.77. The summed E-state index contributed by atoms with van der Waals surface area (Å²) < 4.78 is 5.50. The molecule has 0 amide bonds. The Morgan fingerprint density at radius 1 is 1.00 bits per heavy atom. The van der Waals surface area contributed by atoms with Gasteiger partial charge in [0.25, 0.3) is 0 Å². The van der Waals surface area contributed by atoms with E-state index >= 15 is 0 Å². The van der Waals surface area contributed by atoms with Crippen LogP contribution in [0.5, 0.6) is 5.75 Å². The lowest BCUT2D eigenvalue weighted by molar-refractivity contribution is 0.415. The van der Waals surface area contributed by atoms with Crippen molar-refractivity contribution in [3.8, 4) is 5.75 Å². The van der Waals surface area contributed by atoms with E-state index in [0.29, 0.717) is 0 Å². The smallest absolute Gasteiger partial charge is 0.119 e. The molecule has 1 aliphatic carbocycles. The van der Waals surface area contributed by atoms with Crippen molar-refractivity contribution in [2.24, 2.45) is 0 Å². The van der Waals surface area contributed by atoms with Gasteiger partial charge in [-0.1, -0.05) is 55.9 Å². The lowest BCUT2D eigenvalue weighted by atomic mass is 9.72. The minimum absolute atomic E-state index is 0.244. The molecule has 0 atom stereocenters. The van der Waals surface area contributed by atoms with E-state index in [-0.39, 0.29) is 5.41 Å². The van der Waals surface area contributed by atoms with Crippen LogP contribution < -0.4 is 4.74 Å². The fourth-order valence-electron chi connectivity index (χ4n) is 3.93. The molecule has 0 aliphatic heterocycles. The number of rotatable bonds is 3. The van der Waals surface area contributed by atoms with Gasteiger partial charge < -0.3 is 4.74 Å².